The Morgan fingerprint density at radius 2 is 1.50 bits per heavy atom. The molecule has 0 aliphatic carbocycles. The molecule has 3 N–H and O–H groups in total. The first kappa shape index (κ1) is 24.7. The van der Waals surface area contributed by atoms with E-state index < -0.39 is 11.8 Å². The summed E-state index contributed by atoms with van der Waals surface area (Å²) in [6.07, 6.45) is 0. The Kier molecular flexibility index (Phi) is 9.39. The zero-order chi connectivity index (χ0) is 24.2. The van der Waals surface area contributed by atoms with E-state index in [2.05, 4.69) is 16.2 Å². The molecule has 0 saturated carbocycles. The molecule has 8 nitrogen and oxygen atoms in total. The maximum atomic E-state index is 12.6. The topological polar surface area (TPSA) is 97.9 Å². The molecule has 3 aromatic carbocycles. The minimum atomic E-state index is -0.460. The molecule has 0 saturated heterocycles. The van der Waals surface area contributed by atoms with Gasteiger partial charge in [-0.05, 0) is 54.2 Å². The molecule has 0 radical (unpaired) electrons. The van der Waals surface area contributed by atoms with Crippen molar-refractivity contribution in [3.8, 4) is 11.5 Å². The summed E-state index contributed by atoms with van der Waals surface area (Å²) in [5.41, 5.74) is 6.70. The molecule has 0 atom stereocenters. The van der Waals surface area contributed by atoms with Gasteiger partial charge in [0, 0.05) is 12.7 Å². The maximum absolute atomic E-state index is 12.6. The Hall–Kier alpha value is -3.95. The van der Waals surface area contributed by atoms with E-state index in [9.17, 15) is 9.59 Å². The lowest BCUT2D eigenvalue weighted by Gasteiger charge is -2.14. The van der Waals surface area contributed by atoms with Gasteiger partial charge in [0.1, 0.15) is 24.7 Å². The zero-order valence-corrected chi connectivity index (χ0v) is 19.4. The molecule has 0 heterocycles. The number of para-hydroxylation sites is 1. The van der Waals surface area contributed by atoms with E-state index >= 15 is 0 Å². The van der Waals surface area contributed by atoms with Crippen LogP contribution in [-0.4, -0.2) is 37.3 Å². The third-order valence-electron chi connectivity index (χ3n) is 4.56. The number of carbonyl (C=O) groups excluding carboxylic acids is 2. The highest BCUT2D eigenvalue weighted by Gasteiger charge is 2.14. The second-order valence-electron chi connectivity index (χ2n) is 7.00. The van der Waals surface area contributed by atoms with E-state index in [0.29, 0.717) is 42.4 Å². The number of hydrogen-bond donors (Lipinski definition) is 3. The average Bonchev–Trinajstić information content (AvgIpc) is 2.87. The lowest BCUT2D eigenvalue weighted by molar-refractivity contribution is 0.0930. The van der Waals surface area contributed by atoms with Gasteiger partial charge in [0.15, 0.2) is 5.11 Å². The summed E-state index contributed by atoms with van der Waals surface area (Å²) in [4.78, 5) is 25.0. The highest BCUT2D eigenvalue weighted by molar-refractivity contribution is 7.80. The lowest BCUT2D eigenvalue weighted by Crippen LogP contribution is -2.48. The van der Waals surface area contributed by atoms with Crippen molar-refractivity contribution in [1.29, 1.82) is 0 Å². The fourth-order valence-corrected chi connectivity index (χ4v) is 2.99. The standard InChI is InChI=1S/C25H25N3O5S/c1-31-15-16-32-20-13-11-19(12-14-20)23(29)26-25(34)28-27-24(30)21-9-5-6-10-22(21)33-17-18-7-3-2-4-8-18/h2-14H,15-17H2,1H3,(H,27,30)(H2,26,28,29,34). The Balaban J connectivity index is 1.49. The van der Waals surface area contributed by atoms with Gasteiger partial charge in [-0.3, -0.25) is 25.8 Å². The summed E-state index contributed by atoms with van der Waals surface area (Å²) in [6, 6.07) is 23.1. The third-order valence-corrected chi connectivity index (χ3v) is 4.76. The predicted molar refractivity (Wildman–Crippen MR) is 132 cm³/mol. The number of ether oxygens (including phenoxy) is 3. The van der Waals surface area contributed by atoms with Crippen LogP contribution in [0.3, 0.4) is 0 Å². The number of nitrogens with one attached hydrogen (secondary N) is 3. The average molecular weight is 480 g/mol. The van der Waals surface area contributed by atoms with Gasteiger partial charge < -0.3 is 14.2 Å². The number of methoxy groups -OCH3 is 1. The molecule has 34 heavy (non-hydrogen) atoms. The van der Waals surface area contributed by atoms with Crippen LogP contribution in [0.4, 0.5) is 0 Å². The van der Waals surface area contributed by atoms with Gasteiger partial charge in [-0.1, -0.05) is 42.5 Å². The van der Waals surface area contributed by atoms with Gasteiger partial charge in [-0.2, -0.15) is 0 Å². The molecule has 9 heteroatoms. The molecule has 2 amide bonds. The summed E-state index contributed by atoms with van der Waals surface area (Å²) >= 11 is 5.12. The van der Waals surface area contributed by atoms with Crippen molar-refractivity contribution >= 4 is 29.1 Å². The van der Waals surface area contributed by atoms with E-state index in [4.69, 9.17) is 26.4 Å². The highest BCUT2D eigenvalue weighted by atomic mass is 32.1. The van der Waals surface area contributed by atoms with Crippen LogP contribution in [0.1, 0.15) is 26.3 Å². The van der Waals surface area contributed by atoms with Crippen molar-refractivity contribution in [2.75, 3.05) is 20.3 Å². The second kappa shape index (κ2) is 12.9. The van der Waals surface area contributed by atoms with Crippen LogP contribution >= 0.6 is 12.2 Å². The van der Waals surface area contributed by atoms with Crippen LogP contribution in [0.2, 0.25) is 0 Å². The van der Waals surface area contributed by atoms with Crippen molar-refractivity contribution in [2.45, 2.75) is 6.61 Å². The largest absolute Gasteiger partial charge is 0.491 e. The molecule has 0 aliphatic heterocycles. The Morgan fingerprint density at radius 3 is 2.24 bits per heavy atom. The van der Waals surface area contributed by atoms with Crippen LogP contribution in [0.25, 0.3) is 0 Å². The predicted octanol–water partition coefficient (Wildman–Crippen LogP) is 3.24. The van der Waals surface area contributed by atoms with Gasteiger partial charge >= 0.3 is 0 Å². The minimum absolute atomic E-state index is 0.0542. The SMILES string of the molecule is COCCOc1ccc(C(=O)NC(=S)NNC(=O)c2ccccc2OCc2ccccc2)cc1. The van der Waals surface area contributed by atoms with Crippen LogP contribution < -0.4 is 25.6 Å². The van der Waals surface area contributed by atoms with Crippen molar-refractivity contribution in [2.24, 2.45) is 0 Å². The molecule has 0 unspecified atom stereocenters. The van der Waals surface area contributed by atoms with Crippen molar-refractivity contribution in [1.82, 2.24) is 16.2 Å². The number of rotatable bonds is 9. The Bertz CT molecular complexity index is 1110. The van der Waals surface area contributed by atoms with E-state index in [1.807, 2.05) is 30.3 Å². The van der Waals surface area contributed by atoms with Crippen molar-refractivity contribution in [3.63, 3.8) is 0 Å². The van der Waals surface area contributed by atoms with E-state index in [1.54, 1.807) is 55.6 Å². The Labute approximate surface area is 203 Å². The molecule has 3 rings (SSSR count). The number of hydrogen-bond acceptors (Lipinski definition) is 6. The van der Waals surface area contributed by atoms with E-state index in [1.165, 1.54) is 0 Å². The van der Waals surface area contributed by atoms with Crippen LogP contribution in [0.5, 0.6) is 11.5 Å². The van der Waals surface area contributed by atoms with Crippen LogP contribution in [0.15, 0.2) is 78.9 Å². The summed E-state index contributed by atoms with van der Waals surface area (Å²) in [6.45, 7) is 1.21. The molecule has 0 aliphatic rings. The van der Waals surface area contributed by atoms with Crippen LogP contribution in [-0.2, 0) is 11.3 Å². The fraction of sp³-hybridized carbons (Fsp3) is 0.160. The molecular weight excluding hydrogens is 454 g/mol. The summed E-state index contributed by atoms with van der Waals surface area (Å²) in [5, 5.41) is 2.46. The lowest BCUT2D eigenvalue weighted by atomic mass is 10.2. The molecule has 3 aromatic rings. The molecule has 0 bridgehead atoms. The van der Waals surface area contributed by atoms with Gasteiger partial charge in [-0.25, -0.2) is 0 Å². The molecule has 176 valence electrons. The summed E-state index contributed by atoms with van der Waals surface area (Å²) in [5.74, 6) is 0.155. The number of amides is 2. The number of benzene rings is 3. The Morgan fingerprint density at radius 1 is 0.794 bits per heavy atom. The minimum Gasteiger partial charge on any atom is -0.491 e. The highest BCUT2D eigenvalue weighted by Crippen LogP contribution is 2.19. The molecular formula is C25H25N3O5S. The van der Waals surface area contributed by atoms with E-state index in [0.717, 1.165) is 5.56 Å². The molecule has 0 spiro atoms. The van der Waals surface area contributed by atoms with Gasteiger partial charge in [0.25, 0.3) is 11.8 Å². The van der Waals surface area contributed by atoms with Gasteiger partial charge in [-0.15, -0.1) is 0 Å². The van der Waals surface area contributed by atoms with Crippen molar-refractivity contribution in [3.05, 3.63) is 95.6 Å². The van der Waals surface area contributed by atoms with Gasteiger partial charge in [0.2, 0.25) is 0 Å². The maximum Gasteiger partial charge on any atom is 0.273 e. The smallest absolute Gasteiger partial charge is 0.273 e. The number of hydrazine groups is 1. The summed E-state index contributed by atoms with van der Waals surface area (Å²) < 4.78 is 16.2. The monoisotopic (exact) mass is 479 g/mol. The quantitative estimate of drug-likeness (QED) is 0.246. The number of carbonyl (C=O) groups is 2. The first-order chi connectivity index (χ1) is 16.6. The fourth-order valence-electron chi connectivity index (χ4n) is 2.85. The van der Waals surface area contributed by atoms with Crippen LogP contribution in [0, 0.1) is 0 Å². The second-order valence-corrected chi connectivity index (χ2v) is 7.41. The van der Waals surface area contributed by atoms with Crippen molar-refractivity contribution < 1.29 is 23.8 Å². The molecule has 0 fully saturated rings. The van der Waals surface area contributed by atoms with E-state index in [-0.39, 0.29) is 5.11 Å². The first-order valence-corrected chi connectivity index (χ1v) is 10.9. The number of thiocarbonyl (C=S) groups is 1. The summed E-state index contributed by atoms with van der Waals surface area (Å²) in [7, 11) is 1.59. The third kappa shape index (κ3) is 7.58. The zero-order valence-electron chi connectivity index (χ0n) is 18.6. The molecule has 0 aromatic heterocycles. The first-order valence-electron chi connectivity index (χ1n) is 10.5. The van der Waals surface area contributed by atoms with Gasteiger partial charge in [0.05, 0.1) is 12.2 Å². The normalized spacial score (nSPS) is 10.1.